The van der Waals surface area contributed by atoms with Gasteiger partial charge in [-0.2, -0.15) is 11.8 Å². The zero-order chi connectivity index (χ0) is 16.9. The van der Waals surface area contributed by atoms with Gasteiger partial charge in [0.05, 0.1) is 6.04 Å². The molecule has 24 heavy (non-hydrogen) atoms. The van der Waals surface area contributed by atoms with E-state index in [1.807, 2.05) is 35.1 Å². The Labute approximate surface area is 149 Å². The van der Waals surface area contributed by atoms with E-state index in [2.05, 4.69) is 15.5 Å². The van der Waals surface area contributed by atoms with Crippen LogP contribution in [0.2, 0.25) is 5.02 Å². The van der Waals surface area contributed by atoms with Gasteiger partial charge < -0.3 is 5.32 Å². The first-order valence-corrected chi connectivity index (χ1v) is 9.31. The molecule has 0 radical (unpaired) electrons. The summed E-state index contributed by atoms with van der Waals surface area (Å²) in [5.74, 6) is 1.47. The van der Waals surface area contributed by atoms with E-state index in [4.69, 9.17) is 11.6 Å². The summed E-state index contributed by atoms with van der Waals surface area (Å²) in [4.78, 5) is 12.6. The number of fused-ring (bicyclic) bond motifs is 1. The number of nitrogens with one attached hydrogen (secondary N) is 1. The molecule has 5 nitrogen and oxygen atoms in total. The number of halogens is 1. The summed E-state index contributed by atoms with van der Waals surface area (Å²) in [6.07, 6.45) is 4.71. The Morgan fingerprint density at radius 3 is 2.96 bits per heavy atom. The lowest BCUT2D eigenvalue weighted by Crippen LogP contribution is -2.30. The van der Waals surface area contributed by atoms with Crippen LogP contribution < -0.4 is 5.32 Å². The van der Waals surface area contributed by atoms with Crippen LogP contribution in [-0.4, -0.2) is 32.5 Å². The molecule has 0 fully saturated rings. The fraction of sp³-hybridized carbons (Fsp3) is 0.235. The van der Waals surface area contributed by atoms with Gasteiger partial charge in [-0.05, 0) is 48.8 Å². The maximum Gasteiger partial charge on any atom is 0.251 e. The molecule has 0 aliphatic carbocycles. The molecular weight excluding hydrogens is 344 g/mol. The van der Waals surface area contributed by atoms with Crippen LogP contribution in [0.15, 0.2) is 48.7 Å². The summed E-state index contributed by atoms with van der Waals surface area (Å²) in [7, 11) is 0. The van der Waals surface area contributed by atoms with Gasteiger partial charge in [0.1, 0.15) is 0 Å². The van der Waals surface area contributed by atoms with Gasteiger partial charge in [0, 0.05) is 16.8 Å². The normalized spacial score (nSPS) is 12.2. The molecule has 0 bridgehead atoms. The second-order valence-corrected chi connectivity index (χ2v) is 6.73. The number of aromatic nitrogens is 3. The van der Waals surface area contributed by atoms with E-state index in [0.29, 0.717) is 10.6 Å². The molecule has 0 saturated heterocycles. The minimum atomic E-state index is -0.221. The number of benzene rings is 1. The van der Waals surface area contributed by atoms with Gasteiger partial charge in [0.15, 0.2) is 11.5 Å². The van der Waals surface area contributed by atoms with Crippen LogP contribution >= 0.6 is 23.4 Å². The van der Waals surface area contributed by atoms with Crippen molar-refractivity contribution in [2.45, 2.75) is 12.5 Å². The lowest BCUT2D eigenvalue weighted by molar-refractivity contribution is 0.0934. The van der Waals surface area contributed by atoms with E-state index < -0.39 is 0 Å². The molecule has 1 aromatic carbocycles. The summed E-state index contributed by atoms with van der Waals surface area (Å²) < 4.78 is 1.91. The van der Waals surface area contributed by atoms with Crippen LogP contribution in [-0.2, 0) is 0 Å². The van der Waals surface area contributed by atoms with Crippen molar-refractivity contribution in [3.63, 3.8) is 0 Å². The van der Waals surface area contributed by atoms with E-state index in [0.717, 1.165) is 23.6 Å². The summed E-state index contributed by atoms with van der Waals surface area (Å²) >= 11 is 7.71. The first-order valence-electron chi connectivity index (χ1n) is 7.54. The van der Waals surface area contributed by atoms with Crippen molar-refractivity contribution < 1.29 is 4.79 Å². The molecule has 3 rings (SSSR count). The largest absolute Gasteiger partial charge is 0.342 e. The Balaban J connectivity index is 1.88. The number of carbonyl (C=O) groups excluding carboxylic acids is 1. The minimum absolute atomic E-state index is 0.170. The predicted molar refractivity (Wildman–Crippen MR) is 97.6 cm³/mol. The number of carbonyl (C=O) groups is 1. The monoisotopic (exact) mass is 360 g/mol. The molecule has 0 unspecified atom stereocenters. The van der Waals surface area contributed by atoms with Crippen molar-refractivity contribution in [2.75, 3.05) is 12.0 Å². The molecule has 2 heterocycles. The van der Waals surface area contributed by atoms with Gasteiger partial charge in [-0.3, -0.25) is 9.20 Å². The molecule has 7 heteroatoms. The second kappa shape index (κ2) is 7.68. The van der Waals surface area contributed by atoms with Gasteiger partial charge in [-0.25, -0.2) is 0 Å². The summed E-state index contributed by atoms with van der Waals surface area (Å²) in [5, 5.41) is 12.0. The molecule has 1 amide bonds. The quantitative estimate of drug-likeness (QED) is 0.729. The second-order valence-electron chi connectivity index (χ2n) is 5.30. The van der Waals surface area contributed by atoms with Crippen molar-refractivity contribution in [1.82, 2.24) is 19.9 Å². The maximum atomic E-state index is 12.6. The van der Waals surface area contributed by atoms with Gasteiger partial charge in [0.2, 0.25) is 0 Å². The van der Waals surface area contributed by atoms with Crippen molar-refractivity contribution >= 4 is 34.9 Å². The van der Waals surface area contributed by atoms with E-state index >= 15 is 0 Å². The Morgan fingerprint density at radius 1 is 1.29 bits per heavy atom. The molecule has 0 saturated carbocycles. The number of amides is 1. The maximum absolute atomic E-state index is 12.6. The molecule has 0 aliphatic heterocycles. The van der Waals surface area contributed by atoms with E-state index in [1.165, 1.54) is 0 Å². The van der Waals surface area contributed by atoms with Gasteiger partial charge in [-0.1, -0.05) is 23.7 Å². The Hall–Kier alpha value is -2.05. The highest BCUT2D eigenvalue weighted by Gasteiger charge is 2.20. The third-order valence-corrected chi connectivity index (χ3v) is 4.53. The summed E-state index contributed by atoms with van der Waals surface area (Å²) in [6, 6.07) is 12.4. The van der Waals surface area contributed by atoms with Gasteiger partial charge >= 0.3 is 0 Å². The third-order valence-electron chi connectivity index (χ3n) is 3.65. The smallest absolute Gasteiger partial charge is 0.251 e. The fourth-order valence-corrected chi connectivity index (χ4v) is 3.13. The molecule has 124 valence electrons. The predicted octanol–water partition coefficient (Wildman–Crippen LogP) is 3.61. The molecule has 0 aliphatic rings. The van der Waals surface area contributed by atoms with E-state index in [1.54, 1.807) is 36.0 Å². The lowest BCUT2D eigenvalue weighted by atomic mass is 10.1. The molecule has 2 aromatic heterocycles. The number of rotatable bonds is 6. The van der Waals surface area contributed by atoms with Crippen LogP contribution in [0.25, 0.3) is 5.65 Å². The number of thioether (sulfide) groups is 1. The van der Waals surface area contributed by atoms with Crippen LogP contribution in [0.1, 0.15) is 28.6 Å². The van der Waals surface area contributed by atoms with Crippen molar-refractivity contribution in [3.8, 4) is 0 Å². The molecule has 3 aromatic rings. The molecule has 0 spiro atoms. The molecule has 1 atom stereocenters. The number of nitrogens with zero attached hydrogens (tertiary/aromatic N) is 3. The number of pyridine rings is 1. The average Bonchev–Trinajstić information content (AvgIpc) is 3.02. The minimum Gasteiger partial charge on any atom is -0.342 e. The van der Waals surface area contributed by atoms with E-state index in [9.17, 15) is 4.79 Å². The first kappa shape index (κ1) is 16.8. The topological polar surface area (TPSA) is 59.3 Å². The highest BCUT2D eigenvalue weighted by molar-refractivity contribution is 7.98. The highest BCUT2D eigenvalue weighted by atomic mass is 35.5. The Bertz CT molecular complexity index is 851. The Kier molecular flexibility index (Phi) is 5.37. The van der Waals surface area contributed by atoms with Crippen LogP contribution in [0.5, 0.6) is 0 Å². The Morgan fingerprint density at radius 2 is 2.17 bits per heavy atom. The SMILES string of the molecule is CSCC[C@@H](NC(=O)c1cccc(Cl)c1)c1nnc2ccccn12. The lowest BCUT2D eigenvalue weighted by Gasteiger charge is -2.17. The summed E-state index contributed by atoms with van der Waals surface area (Å²) in [5.41, 5.74) is 1.30. The first-order chi connectivity index (χ1) is 11.7. The van der Waals surface area contributed by atoms with Crippen LogP contribution in [0.3, 0.4) is 0 Å². The third kappa shape index (κ3) is 3.71. The summed E-state index contributed by atoms with van der Waals surface area (Å²) in [6.45, 7) is 0. The number of hydrogen-bond acceptors (Lipinski definition) is 4. The van der Waals surface area contributed by atoms with Gasteiger partial charge in [0.25, 0.3) is 5.91 Å². The fourth-order valence-electron chi connectivity index (χ4n) is 2.47. The zero-order valence-corrected chi connectivity index (χ0v) is 14.7. The van der Waals surface area contributed by atoms with Crippen LogP contribution in [0.4, 0.5) is 0 Å². The highest BCUT2D eigenvalue weighted by Crippen LogP contribution is 2.19. The van der Waals surface area contributed by atoms with E-state index in [-0.39, 0.29) is 11.9 Å². The van der Waals surface area contributed by atoms with Gasteiger partial charge in [-0.15, -0.1) is 10.2 Å². The molecule has 1 N–H and O–H groups in total. The van der Waals surface area contributed by atoms with Crippen LogP contribution in [0, 0.1) is 0 Å². The zero-order valence-electron chi connectivity index (χ0n) is 13.1. The standard InChI is InChI=1S/C17H17ClN4OS/c1-24-10-8-14(16-21-20-15-7-2-3-9-22(15)16)19-17(23)12-5-4-6-13(18)11-12/h2-7,9,11,14H,8,10H2,1H3,(H,19,23)/t14-/m1/s1. The molecular formula is C17H17ClN4OS. The average molecular weight is 361 g/mol. The van der Waals surface area contributed by atoms with Crippen molar-refractivity contribution in [2.24, 2.45) is 0 Å². The number of hydrogen-bond donors (Lipinski definition) is 1. The van der Waals surface area contributed by atoms with Crippen molar-refractivity contribution in [1.29, 1.82) is 0 Å². The van der Waals surface area contributed by atoms with Crippen molar-refractivity contribution in [3.05, 3.63) is 65.1 Å².